The van der Waals surface area contributed by atoms with E-state index in [1.54, 1.807) is 0 Å². The van der Waals surface area contributed by atoms with E-state index in [1.165, 1.54) is 0 Å². The van der Waals surface area contributed by atoms with Crippen molar-refractivity contribution in [3.63, 3.8) is 0 Å². The number of nitrogens with zero attached hydrogens (tertiary/aromatic N) is 3. The Labute approximate surface area is 123 Å². The highest BCUT2D eigenvalue weighted by Gasteiger charge is 2.24. The average molecular weight is 320 g/mol. The van der Waals surface area contributed by atoms with E-state index in [0.717, 1.165) is 42.8 Å². The van der Waals surface area contributed by atoms with Crippen LogP contribution in [0, 0.1) is 11.3 Å². The molecular formula is C15H18BrN3. The van der Waals surface area contributed by atoms with Gasteiger partial charge in [0.2, 0.25) is 0 Å². The zero-order chi connectivity index (χ0) is 13.7. The molecule has 1 fully saturated rings. The maximum Gasteiger partial charge on any atom is 0.123 e. The number of hydrogen-bond acceptors (Lipinski definition) is 3. The fourth-order valence-electron chi connectivity index (χ4n) is 2.40. The molecule has 0 spiro atoms. The number of benzene rings is 1. The summed E-state index contributed by atoms with van der Waals surface area (Å²) in [7, 11) is 0. The first-order chi connectivity index (χ1) is 9.24. The van der Waals surface area contributed by atoms with E-state index < -0.39 is 0 Å². The van der Waals surface area contributed by atoms with E-state index in [1.807, 2.05) is 30.3 Å². The lowest BCUT2D eigenvalue weighted by molar-refractivity contribution is 0.123. The molecule has 1 heterocycles. The molecule has 100 valence electrons. The molecule has 0 N–H and O–H groups in total. The van der Waals surface area contributed by atoms with E-state index >= 15 is 0 Å². The molecule has 0 aromatic heterocycles. The maximum atomic E-state index is 9.44. The third-order valence-corrected chi connectivity index (χ3v) is 4.00. The second-order valence-corrected chi connectivity index (χ2v) is 5.62. The van der Waals surface area contributed by atoms with Crippen LogP contribution >= 0.6 is 15.9 Å². The maximum absolute atomic E-state index is 9.44. The molecule has 0 saturated carbocycles. The van der Waals surface area contributed by atoms with Crippen LogP contribution in [0.3, 0.4) is 0 Å². The monoisotopic (exact) mass is 319 g/mol. The van der Waals surface area contributed by atoms with Crippen LogP contribution in [0.2, 0.25) is 0 Å². The Morgan fingerprint density at radius 3 is 2.42 bits per heavy atom. The van der Waals surface area contributed by atoms with Crippen LogP contribution < -0.4 is 0 Å². The van der Waals surface area contributed by atoms with E-state index in [0.29, 0.717) is 0 Å². The predicted molar refractivity (Wildman–Crippen MR) is 80.7 cm³/mol. The Bertz CT molecular complexity index is 455. The van der Waals surface area contributed by atoms with Crippen molar-refractivity contribution >= 4 is 15.9 Å². The minimum atomic E-state index is -0.140. The van der Waals surface area contributed by atoms with Gasteiger partial charge in [0, 0.05) is 37.2 Å². The normalized spacial score (nSPS) is 18.7. The van der Waals surface area contributed by atoms with Gasteiger partial charge in [0.1, 0.15) is 6.04 Å². The molecule has 1 saturated heterocycles. The van der Waals surface area contributed by atoms with E-state index in [4.69, 9.17) is 0 Å². The number of hydrogen-bond donors (Lipinski definition) is 0. The first-order valence-electron chi connectivity index (χ1n) is 6.47. The van der Waals surface area contributed by atoms with Crippen molar-refractivity contribution < 1.29 is 0 Å². The topological polar surface area (TPSA) is 30.3 Å². The van der Waals surface area contributed by atoms with E-state index in [2.05, 4.69) is 38.4 Å². The number of rotatable bonds is 4. The Hall–Kier alpha value is -1.15. The second-order valence-electron chi connectivity index (χ2n) is 4.71. The van der Waals surface area contributed by atoms with Gasteiger partial charge in [-0.05, 0) is 17.7 Å². The van der Waals surface area contributed by atoms with Crippen molar-refractivity contribution in [2.75, 3.05) is 32.7 Å². The lowest BCUT2D eigenvalue weighted by Gasteiger charge is -2.36. The molecule has 3 nitrogen and oxygen atoms in total. The Balaban J connectivity index is 2.02. The number of nitriles is 1. The van der Waals surface area contributed by atoms with Gasteiger partial charge >= 0.3 is 0 Å². The quantitative estimate of drug-likeness (QED) is 0.799. The standard InChI is InChI=1S/C15H18BrN3/c1-2-7-18-8-10-19(11-9-18)15(12-17)13-3-5-14(16)6-4-13/h2-6,15H,1,7-11H2/t15-/m1/s1. The third kappa shape index (κ3) is 3.66. The summed E-state index contributed by atoms with van der Waals surface area (Å²) in [6.45, 7) is 8.57. The lowest BCUT2D eigenvalue weighted by Crippen LogP contribution is -2.47. The zero-order valence-electron chi connectivity index (χ0n) is 10.9. The summed E-state index contributed by atoms with van der Waals surface area (Å²) < 4.78 is 1.05. The van der Waals surface area contributed by atoms with Gasteiger partial charge in [-0.2, -0.15) is 5.26 Å². The zero-order valence-corrected chi connectivity index (χ0v) is 12.5. The highest BCUT2D eigenvalue weighted by molar-refractivity contribution is 9.10. The van der Waals surface area contributed by atoms with Crippen molar-refractivity contribution in [3.8, 4) is 6.07 Å². The minimum absolute atomic E-state index is 0.140. The molecule has 19 heavy (non-hydrogen) atoms. The summed E-state index contributed by atoms with van der Waals surface area (Å²) in [5.74, 6) is 0. The number of halogens is 1. The molecule has 1 atom stereocenters. The van der Waals surface area contributed by atoms with Crippen molar-refractivity contribution in [3.05, 3.63) is 47.0 Å². The lowest BCUT2D eigenvalue weighted by atomic mass is 10.1. The van der Waals surface area contributed by atoms with Gasteiger partial charge in [0.05, 0.1) is 6.07 Å². The van der Waals surface area contributed by atoms with Crippen molar-refractivity contribution in [1.82, 2.24) is 9.80 Å². The van der Waals surface area contributed by atoms with Gasteiger partial charge in [-0.3, -0.25) is 9.80 Å². The largest absolute Gasteiger partial charge is 0.297 e. The average Bonchev–Trinajstić information content (AvgIpc) is 2.44. The molecule has 1 aliphatic rings. The van der Waals surface area contributed by atoms with Crippen LogP contribution in [0.5, 0.6) is 0 Å². The van der Waals surface area contributed by atoms with Gasteiger partial charge in [-0.1, -0.05) is 34.1 Å². The molecule has 0 unspecified atom stereocenters. The third-order valence-electron chi connectivity index (χ3n) is 3.47. The van der Waals surface area contributed by atoms with Crippen LogP contribution in [0.4, 0.5) is 0 Å². The molecule has 0 bridgehead atoms. The SMILES string of the molecule is C=CCN1CCN([C@H](C#N)c2ccc(Br)cc2)CC1. The van der Waals surface area contributed by atoms with Crippen LogP contribution in [0.25, 0.3) is 0 Å². The minimum Gasteiger partial charge on any atom is -0.297 e. The van der Waals surface area contributed by atoms with Crippen LogP contribution in [0.1, 0.15) is 11.6 Å². The molecule has 0 amide bonds. The van der Waals surface area contributed by atoms with Gasteiger partial charge in [0.15, 0.2) is 0 Å². The molecule has 1 aromatic rings. The molecular weight excluding hydrogens is 302 g/mol. The van der Waals surface area contributed by atoms with Gasteiger partial charge in [-0.25, -0.2) is 0 Å². The fraction of sp³-hybridized carbons (Fsp3) is 0.400. The second kappa shape index (κ2) is 6.85. The highest BCUT2D eigenvalue weighted by atomic mass is 79.9. The molecule has 0 radical (unpaired) electrons. The Kier molecular flexibility index (Phi) is 5.15. The molecule has 1 aromatic carbocycles. The summed E-state index contributed by atoms with van der Waals surface area (Å²) >= 11 is 3.43. The molecule has 2 rings (SSSR count). The van der Waals surface area contributed by atoms with Crippen LogP contribution in [0.15, 0.2) is 41.4 Å². The van der Waals surface area contributed by atoms with Gasteiger partial charge in [-0.15, -0.1) is 6.58 Å². The summed E-state index contributed by atoms with van der Waals surface area (Å²) in [5, 5.41) is 9.44. The fourth-order valence-corrected chi connectivity index (χ4v) is 2.66. The van der Waals surface area contributed by atoms with Crippen molar-refractivity contribution in [2.45, 2.75) is 6.04 Å². The van der Waals surface area contributed by atoms with Gasteiger partial charge < -0.3 is 0 Å². The molecule has 4 heteroatoms. The van der Waals surface area contributed by atoms with Crippen LogP contribution in [-0.2, 0) is 0 Å². The van der Waals surface area contributed by atoms with Crippen molar-refractivity contribution in [1.29, 1.82) is 5.26 Å². The summed E-state index contributed by atoms with van der Waals surface area (Å²) in [5.41, 5.74) is 1.07. The van der Waals surface area contributed by atoms with E-state index in [-0.39, 0.29) is 6.04 Å². The summed E-state index contributed by atoms with van der Waals surface area (Å²) in [4.78, 5) is 4.61. The smallest absolute Gasteiger partial charge is 0.123 e. The predicted octanol–water partition coefficient (Wildman–Crippen LogP) is 2.82. The Morgan fingerprint density at radius 1 is 1.26 bits per heavy atom. The van der Waals surface area contributed by atoms with Crippen molar-refractivity contribution in [2.24, 2.45) is 0 Å². The number of piperazine rings is 1. The first-order valence-corrected chi connectivity index (χ1v) is 7.26. The first kappa shape index (κ1) is 14.3. The summed E-state index contributed by atoms with van der Waals surface area (Å²) in [6, 6.07) is 10.3. The molecule has 1 aliphatic heterocycles. The van der Waals surface area contributed by atoms with Gasteiger partial charge in [0.25, 0.3) is 0 Å². The Morgan fingerprint density at radius 2 is 1.89 bits per heavy atom. The summed E-state index contributed by atoms with van der Waals surface area (Å²) in [6.07, 6.45) is 1.94. The highest BCUT2D eigenvalue weighted by Crippen LogP contribution is 2.23. The van der Waals surface area contributed by atoms with E-state index in [9.17, 15) is 5.26 Å². The van der Waals surface area contributed by atoms with Crippen LogP contribution in [-0.4, -0.2) is 42.5 Å². The molecule has 0 aliphatic carbocycles.